The summed E-state index contributed by atoms with van der Waals surface area (Å²) in [5.41, 5.74) is 9.05. The summed E-state index contributed by atoms with van der Waals surface area (Å²) in [4.78, 5) is 21.0. The standard InChI is InChI=1S/C24H29N5O3S/c1-5-6-7-19-9-12-21(13-10-19)29-33(31,32)22-15-20(11-8-16(22)2)23(30)27-28-24-25-17(3)14-18(4)26-24/h8-15,29H,5-7H2,1-4H3,(H,27,30)(H,25,26,28). The molecule has 2 aromatic carbocycles. The second-order valence-electron chi connectivity index (χ2n) is 7.94. The molecule has 0 aliphatic carbocycles. The molecule has 0 fully saturated rings. The largest absolute Gasteiger partial charge is 0.280 e. The third-order valence-corrected chi connectivity index (χ3v) is 6.56. The summed E-state index contributed by atoms with van der Waals surface area (Å²) in [5, 5.41) is 0. The number of aryl methyl sites for hydroxylation is 4. The number of nitrogens with zero attached hydrogens (tertiary/aromatic N) is 2. The fourth-order valence-electron chi connectivity index (χ4n) is 3.33. The highest BCUT2D eigenvalue weighted by atomic mass is 32.2. The molecule has 0 aliphatic heterocycles. The molecule has 3 N–H and O–H groups in total. The minimum absolute atomic E-state index is 0.0351. The Morgan fingerprint density at radius 2 is 1.61 bits per heavy atom. The third kappa shape index (κ3) is 6.52. The number of carbonyl (C=O) groups excluding carboxylic acids is 1. The number of hydrogen-bond donors (Lipinski definition) is 3. The van der Waals surface area contributed by atoms with E-state index in [1.54, 1.807) is 31.2 Å². The van der Waals surface area contributed by atoms with Gasteiger partial charge in [0, 0.05) is 22.6 Å². The van der Waals surface area contributed by atoms with Crippen molar-refractivity contribution in [1.82, 2.24) is 15.4 Å². The molecule has 1 amide bonds. The lowest BCUT2D eigenvalue weighted by atomic mass is 10.1. The maximum atomic E-state index is 13.0. The number of amides is 1. The lowest BCUT2D eigenvalue weighted by Gasteiger charge is -2.13. The summed E-state index contributed by atoms with van der Waals surface area (Å²) < 4.78 is 28.7. The average Bonchev–Trinajstić information content (AvgIpc) is 2.76. The molecular formula is C24H29N5O3S. The minimum Gasteiger partial charge on any atom is -0.280 e. The van der Waals surface area contributed by atoms with E-state index in [0.29, 0.717) is 11.3 Å². The van der Waals surface area contributed by atoms with Crippen molar-refractivity contribution in [3.63, 3.8) is 0 Å². The van der Waals surface area contributed by atoms with Crippen molar-refractivity contribution in [2.75, 3.05) is 10.1 Å². The van der Waals surface area contributed by atoms with Gasteiger partial charge in [-0.2, -0.15) is 0 Å². The Hall–Kier alpha value is -3.46. The molecule has 0 aliphatic rings. The molecule has 174 valence electrons. The van der Waals surface area contributed by atoms with E-state index in [0.717, 1.165) is 36.2 Å². The van der Waals surface area contributed by atoms with Crippen molar-refractivity contribution in [3.8, 4) is 0 Å². The molecule has 3 aromatic rings. The zero-order valence-electron chi connectivity index (χ0n) is 19.3. The van der Waals surface area contributed by atoms with Gasteiger partial charge in [-0.25, -0.2) is 18.4 Å². The first kappa shape index (κ1) is 24.2. The van der Waals surface area contributed by atoms with Gasteiger partial charge in [0.1, 0.15) is 0 Å². The molecule has 0 spiro atoms. The van der Waals surface area contributed by atoms with Gasteiger partial charge in [0.2, 0.25) is 5.95 Å². The van der Waals surface area contributed by atoms with Crippen LogP contribution in [-0.2, 0) is 16.4 Å². The van der Waals surface area contributed by atoms with Crippen LogP contribution in [0.4, 0.5) is 11.6 Å². The Morgan fingerprint density at radius 3 is 2.24 bits per heavy atom. The molecule has 0 saturated carbocycles. The zero-order valence-corrected chi connectivity index (χ0v) is 20.1. The van der Waals surface area contributed by atoms with Crippen LogP contribution in [0.3, 0.4) is 0 Å². The molecule has 0 bridgehead atoms. The second kappa shape index (κ2) is 10.4. The lowest BCUT2D eigenvalue weighted by Crippen LogP contribution is -2.30. The summed E-state index contributed by atoms with van der Waals surface area (Å²) in [5.74, 6) is -0.251. The molecule has 0 atom stereocenters. The molecule has 33 heavy (non-hydrogen) atoms. The van der Waals surface area contributed by atoms with Gasteiger partial charge in [0.25, 0.3) is 15.9 Å². The normalized spacial score (nSPS) is 11.2. The number of carbonyl (C=O) groups is 1. The molecule has 9 heteroatoms. The van der Waals surface area contributed by atoms with E-state index in [1.807, 2.05) is 32.0 Å². The highest BCUT2D eigenvalue weighted by molar-refractivity contribution is 7.92. The van der Waals surface area contributed by atoms with E-state index in [2.05, 4.69) is 32.5 Å². The number of aromatic nitrogens is 2. The summed E-state index contributed by atoms with van der Waals surface area (Å²) in [6.45, 7) is 7.47. The number of sulfonamides is 1. The first-order valence-electron chi connectivity index (χ1n) is 10.8. The van der Waals surface area contributed by atoms with Crippen LogP contribution in [-0.4, -0.2) is 24.3 Å². The summed E-state index contributed by atoms with van der Waals surface area (Å²) >= 11 is 0. The highest BCUT2D eigenvalue weighted by Crippen LogP contribution is 2.21. The van der Waals surface area contributed by atoms with E-state index in [1.165, 1.54) is 6.07 Å². The van der Waals surface area contributed by atoms with E-state index in [-0.39, 0.29) is 16.4 Å². The molecule has 0 saturated heterocycles. The van der Waals surface area contributed by atoms with Gasteiger partial charge in [-0.05, 0) is 75.1 Å². The Balaban J connectivity index is 1.74. The lowest BCUT2D eigenvalue weighted by molar-refractivity contribution is 0.0962. The van der Waals surface area contributed by atoms with Crippen LogP contribution in [0.25, 0.3) is 0 Å². The number of anilines is 2. The van der Waals surface area contributed by atoms with Crippen LogP contribution >= 0.6 is 0 Å². The summed E-state index contributed by atoms with van der Waals surface area (Å²) in [7, 11) is -3.88. The van der Waals surface area contributed by atoms with Crippen molar-refractivity contribution in [3.05, 3.63) is 76.6 Å². The van der Waals surface area contributed by atoms with Crippen LogP contribution in [0.1, 0.15) is 52.6 Å². The summed E-state index contributed by atoms with van der Waals surface area (Å²) in [6, 6.07) is 13.7. The molecule has 1 aromatic heterocycles. The zero-order chi connectivity index (χ0) is 24.0. The van der Waals surface area contributed by atoms with Crippen molar-refractivity contribution in [1.29, 1.82) is 0 Å². The van der Waals surface area contributed by atoms with Gasteiger partial charge in [-0.3, -0.25) is 20.4 Å². The van der Waals surface area contributed by atoms with E-state index < -0.39 is 15.9 Å². The predicted molar refractivity (Wildman–Crippen MR) is 130 cm³/mol. The number of nitrogens with one attached hydrogen (secondary N) is 3. The van der Waals surface area contributed by atoms with E-state index >= 15 is 0 Å². The fourth-order valence-corrected chi connectivity index (χ4v) is 4.66. The average molecular weight is 468 g/mol. The number of hydrazine groups is 1. The van der Waals surface area contributed by atoms with Crippen LogP contribution in [0.15, 0.2) is 53.4 Å². The van der Waals surface area contributed by atoms with Gasteiger partial charge >= 0.3 is 0 Å². The van der Waals surface area contributed by atoms with Crippen molar-refractivity contribution < 1.29 is 13.2 Å². The van der Waals surface area contributed by atoms with Crippen LogP contribution in [0, 0.1) is 20.8 Å². The van der Waals surface area contributed by atoms with Gasteiger partial charge in [0.15, 0.2) is 0 Å². The fraction of sp³-hybridized carbons (Fsp3) is 0.292. The quantitative estimate of drug-likeness (QED) is 0.404. The monoisotopic (exact) mass is 467 g/mol. The second-order valence-corrected chi connectivity index (χ2v) is 9.59. The predicted octanol–water partition coefficient (Wildman–Crippen LogP) is 4.30. The van der Waals surface area contributed by atoms with Gasteiger partial charge in [-0.15, -0.1) is 0 Å². The van der Waals surface area contributed by atoms with Gasteiger partial charge in [-0.1, -0.05) is 31.5 Å². The first-order chi connectivity index (χ1) is 15.7. The maximum absolute atomic E-state index is 13.0. The summed E-state index contributed by atoms with van der Waals surface area (Å²) in [6.07, 6.45) is 3.15. The molecule has 3 rings (SSSR count). The van der Waals surface area contributed by atoms with E-state index in [4.69, 9.17) is 0 Å². The van der Waals surface area contributed by atoms with Crippen LogP contribution in [0.2, 0.25) is 0 Å². The number of hydrogen-bond acceptors (Lipinski definition) is 6. The molecule has 0 radical (unpaired) electrons. The Bertz CT molecular complexity index is 1220. The maximum Gasteiger partial charge on any atom is 0.269 e. The SMILES string of the molecule is CCCCc1ccc(NS(=O)(=O)c2cc(C(=O)NNc3nc(C)cc(C)n3)ccc2C)cc1. The van der Waals surface area contributed by atoms with E-state index in [9.17, 15) is 13.2 Å². The number of rotatable bonds is 9. The number of unbranched alkanes of at least 4 members (excludes halogenated alkanes) is 1. The first-order valence-corrected chi connectivity index (χ1v) is 12.3. The Kier molecular flexibility index (Phi) is 7.65. The molecule has 0 unspecified atom stereocenters. The van der Waals surface area contributed by atoms with Crippen molar-refractivity contribution >= 4 is 27.6 Å². The molecular weight excluding hydrogens is 438 g/mol. The number of benzene rings is 2. The van der Waals surface area contributed by atoms with Crippen molar-refractivity contribution in [2.24, 2.45) is 0 Å². The molecule has 1 heterocycles. The van der Waals surface area contributed by atoms with Gasteiger partial charge in [0.05, 0.1) is 4.90 Å². The highest BCUT2D eigenvalue weighted by Gasteiger charge is 2.19. The molecule has 8 nitrogen and oxygen atoms in total. The van der Waals surface area contributed by atoms with Crippen LogP contribution in [0.5, 0.6) is 0 Å². The smallest absolute Gasteiger partial charge is 0.269 e. The van der Waals surface area contributed by atoms with Crippen molar-refractivity contribution in [2.45, 2.75) is 51.9 Å². The van der Waals surface area contributed by atoms with Crippen LogP contribution < -0.4 is 15.6 Å². The Labute approximate surface area is 194 Å². The topological polar surface area (TPSA) is 113 Å². The van der Waals surface area contributed by atoms with Gasteiger partial charge < -0.3 is 0 Å². The third-order valence-electron chi connectivity index (χ3n) is 5.04. The minimum atomic E-state index is -3.88. The Morgan fingerprint density at radius 1 is 0.939 bits per heavy atom.